The number of benzene rings is 2. The molecule has 0 saturated heterocycles. The van der Waals surface area contributed by atoms with Crippen molar-refractivity contribution in [3.8, 4) is 11.5 Å². The van der Waals surface area contributed by atoms with Gasteiger partial charge in [0.15, 0.2) is 0 Å². The molecule has 2 aromatic carbocycles. The van der Waals surface area contributed by atoms with Crippen molar-refractivity contribution < 1.29 is 14.3 Å². The molecule has 2 aromatic rings. The number of rotatable bonds is 6. The van der Waals surface area contributed by atoms with Gasteiger partial charge >= 0.3 is 0 Å². The summed E-state index contributed by atoms with van der Waals surface area (Å²) in [6.07, 6.45) is 0. The molecule has 0 spiro atoms. The van der Waals surface area contributed by atoms with E-state index in [2.05, 4.69) is 0 Å². The molecule has 0 bridgehead atoms. The molecule has 0 radical (unpaired) electrons. The molecule has 0 aliphatic rings. The van der Waals surface area contributed by atoms with Crippen molar-refractivity contribution in [2.75, 3.05) is 6.61 Å². The van der Waals surface area contributed by atoms with Crippen molar-refractivity contribution in [2.45, 2.75) is 20.5 Å². The average Bonchev–Trinajstić information content (AvgIpc) is 2.46. The van der Waals surface area contributed by atoms with Gasteiger partial charge in [-0.05, 0) is 49.7 Å². The van der Waals surface area contributed by atoms with Crippen LogP contribution < -0.4 is 15.2 Å². The van der Waals surface area contributed by atoms with Gasteiger partial charge in [0.25, 0.3) is 0 Å². The third-order valence-electron chi connectivity index (χ3n) is 3.03. The first-order chi connectivity index (χ1) is 10.1. The van der Waals surface area contributed by atoms with Crippen molar-refractivity contribution in [3.63, 3.8) is 0 Å². The van der Waals surface area contributed by atoms with E-state index < -0.39 is 5.91 Å². The van der Waals surface area contributed by atoms with E-state index in [1.54, 1.807) is 18.2 Å². The highest BCUT2D eigenvalue weighted by atomic mass is 16.5. The maximum absolute atomic E-state index is 11.3. The third-order valence-corrected chi connectivity index (χ3v) is 3.03. The van der Waals surface area contributed by atoms with Gasteiger partial charge in [-0.3, -0.25) is 4.79 Å². The maximum atomic E-state index is 11.3. The second-order valence-corrected chi connectivity index (χ2v) is 4.72. The Morgan fingerprint density at radius 1 is 1.14 bits per heavy atom. The van der Waals surface area contributed by atoms with E-state index in [1.807, 2.05) is 38.1 Å². The molecule has 0 saturated carbocycles. The Hall–Kier alpha value is -2.49. The Bertz CT molecular complexity index is 638. The van der Waals surface area contributed by atoms with Gasteiger partial charge in [0.1, 0.15) is 18.1 Å². The first kappa shape index (κ1) is 14.9. The van der Waals surface area contributed by atoms with E-state index >= 15 is 0 Å². The number of nitrogens with two attached hydrogens (primary N) is 1. The molecule has 0 aliphatic heterocycles. The van der Waals surface area contributed by atoms with E-state index in [0.29, 0.717) is 24.5 Å². The molecule has 4 heteroatoms. The zero-order valence-corrected chi connectivity index (χ0v) is 12.3. The smallest absolute Gasteiger partial charge is 0.248 e. The summed E-state index contributed by atoms with van der Waals surface area (Å²) in [7, 11) is 0. The van der Waals surface area contributed by atoms with Crippen molar-refractivity contribution in [3.05, 3.63) is 59.2 Å². The van der Waals surface area contributed by atoms with Crippen molar-refractivity contribution in [1.82, 2.24) is 0 Å². The topological polar surface area (TPSA) is 61.5 Å². The Balaban J connectivity index is 2.20. The summed E-state index contributed by atoms with van der Waals surface area (Å²) in [5.74, 6) is 1.02. The minimum atomic E-state index is -0.463. The Morgan fingerprint density at radius 3 is 2.62 bits per heavy atom. The molecule has 0 aromatic heterocycles. The molecule has 0 heterocycles. The molecule has 4 nitrogen and oxygen atoms in total. The normalized spacial score (nSPS) is 10.2. The van der Waals surface area contributed by atoms with E-state index in [1.165, 1.54) is 0 Å². The minimum absolute atomic E-state index is 0.319. The Kier molecular flexibility index (Phi) is 4.82. The standard InChI is InChI=1S/C17H19NO3/c1-3-20-16-8-7-13(17(18)19)10-14(16)11-21-15-6-4-5-12(2)9-15/h4-10H,3,11H2,1-2H3,(H2,18,19). The van der Waals surface area contributed by atoms with Gasteiger partial charge in [-0.2, -0.15) is 0 Å². The van der Waals surface area contributed by atoms with E-state index in [4.69, 9.17) is 15.2 Å². The fraction of sp³-hybridized carbons (Fsp3) is 0.235. The molecular weight excluding hydrogens is 266 g/mol. The largest absolute Gasteiger partial charge is 0.493 e. The van der Waals surface area contributed by atoms with Crippen LogP contribution in [0.2, 0.25) is 0 Å². The van der Waals surface area contributed by atoms with Gasteiger partial charge in [-0.1, -0.05) is 12.1 Å². The van der Waals surface area contributed by atoms with Crippen molar-refractivity contribution in [2.24, 2.45) is 5.73 Å². The molecular formula is C17H19NO3. The summed E-state index contributed by atoms with van der Waals surface area (Å²) in [6.45, 7) is 4.78. The van der Waals surface area contributed by atoms with Crippen LogP contribution in [0.4, 0.5) is 0 Å². The first-order valence-corrected chi connectivity index (χ1v) is 6.85. The maximum Gasteiger partial charge on any atom is 0.248 e. The van der Waals surface area contributed by atoms with Crippen LogP contribution >= 0.6 is 0 Å². The number of hydrogen-bond acceptors (Lipinski definition) is 3. The van der Waals surface area contributed by atoms with Gasteiger partial charge in [-0.25, -0.2) is 0 Å². The van der Waals surface area contributed by atoms with Crippen LogP contribution in [0.1, 0.15) is 28.4 Å². The van der Waals surface area contributed by atoms with Crippen LogP contribution in [0.3, 0.4) is 0 Å². The van der Waals surface area contributed by atoms with E-state index in [9.17, 15) is 4.79 Å². The fourth-order valence-electron chi connectivity index (χ4n) is 2.01. The van der Waals surface area contributed by atoms with Gasteiger partial charge in [-0.15, -0.1) is 0 Å². The highest BCUT2D eigenvalue weighted by molar-refractivity contribution is 5.93. The molecule has 0 atom stereocenters. The highest BCUT2D eigenvalue weighted by Gasteiger charge is 2.09. The molecule has 0 aliphatic carbocycles. The lowest BCUT2D eigenvalue weighted by Gasteiger charge is -2.13. The summed E-state index contributed by atoms with van der Waals surface area (Å²) in [6, 6.07) is 12.9. The SMILES string of the molecule is CCOc1ccc(C(N)=O)cc1COc1cccc(C)c1. The number of carbonyl (C=O) groups excluding carboxylic acids is 1. The third kappa shape index (κ3) is 3.99. The molecule has 1 amide bonds. The highest BCUT2D eigenvalue weighted by Crippen LogP contribution is 2.23. The van der Waals surface area contributed by atoms with Crippen LogP contribution in [-0.4, -0.2) is 12.5 Å². The number of hydrogen-bond donors (Lipinski definition) is 1. The second-order valence-electron chi connectivity index (χ2n) is 4.72. The van der Waals surface area contributed by atoms with E-state index in [-0.39, 0.29) is 0 Å². The van der Waals surface area contributed by atoms with Gasteiger partial charge in [0.05, 0.1) is 6.61 Å². The van der Waals surface area contributed by atoms with Crippen LogP contribution in [0.5, 0.6) is 11.5 Å². The Labute approximate surface area is 124 Å². The lowest BCUT2D eigenvalue weighted by molar-refractivity contribution is 0.1000. The molecule has 2 rings (SSSR count). The summed E-state index contributed by atoms with van der Waals surface area (Å²) in [4.78, 5) is 11.3. The van der Waals surface area contributed by atoms with Gasteiger partial charge < -0.3 is 15.2 Å². The predicted molar refractivity (Wildman–Crippen MR) is 81.6 cm³/mol. The molecule has 2 N–H and O–H groups in total. The number of primary amides is 1. The van der Waals surface area contributed by atoms with Crippen LogP contribution in [0.15, 0.2) is 42.5 Å². The second kappa shape index (κ2) is 6.79. The molecule has 110 valence electrons. The van der Waals surface area contributed by atoms with Gasteiger partial charge in [0.2, 0.25) is 5.91 Å². The molecule has 21 heavy (non-hydrogen) atoms. The van der Waals surface area contributed by atoms with Crippen LogP contribution in [-0.2, 0) is 6.61 Å². The molecule has 0 fully saturated rings. The fourth-order valence-corrected chi connectivity index (χ4v) is 2.01. The zero-order valence-electron chi connectivity index (χ0n) is 12.3. The Morgan fingerprint density at radius 2 is 1.95 bits per heavy atom. The van der Waals surface area contributed by atoms with Gasteiger partial charge in [0, 0.05) is 11.1 Å². The van der Waals surface area contributed by atoms with E-state index in [0.717, 1.165) is 16.9 Å². The summed E-state index contributed by atoms with van der Waals surface area (Å²) in [5.41, 5.74) is 7.69. The number of amides is 1. The quantitative estimate of drug-likeness (QED) is 0.887. The zero-order chi connectivity index (χ0) is 15.2. The number of carbonyl (C=O) groups is 1. The average molecular weight is 285 g/mol. The number of ether oxygens (including phenoxy) is 2. The predicted octanol–water partition coefficient (Wildman–Crippen LogP) is 3.07. The lowest BCUT2D eigenvalue weighted by Crippen LogP contribution is -2.12. The van der Waals surface area contributed by atoms with Crippen molar-refractivity contribution >= 4 is 5.91 Å². The van der Waals surface area contributed by atoms with Crippen LogP contribution in [0.25, 0.3) is 0 Å². The first-order valence-electron chi connectivity index (χ1n) is 6.85. The summed E-state index contributed by atoms with van der Waals surface area (Å²) >= 11 is 0. The minimum Gasteiger partial charge on any atom is -0.493 e. The van der Waals surface area contributed by atoms with Crippen LogP contribution in [0, 0.1) is 6.92 Å². The summed E-state index contributed by atoms with van der Waals surface area (Å²) < 4.78 is 11.3. The lowest BCUT2D eigenvalue weighted by atomic mass is 10.1. The summed E-state index contributed by atoms with van der Waals surface area (Å²) in [5, 5.41) is 0. The van der Waals surface area contributed by atoms with Crippen molar-refractivity contribution in [1.29, 1.82) is 0 Å². The number of aryl methyl sites for hydroxylation is 1. The monoisotopic (exact) mass is 285 g/mol. The molecule has 0 unspecified atom stereocenters.